The predicted octanol–water partition coefficient (Wildman–Crippen LogP) is 6.43. The molecule has 0 unspecified atom stereocenters. The minimum Gasteiger partial charge on any atom is -0.488 e. The number of carbonyl (C=O) groups is 2. The molecule has 0 radical (unpaired) electrons. The monoisotopic (exact) mass is 538 g/mol. The molecule has 3 aromatic rings. The maximum atomic E-state index is 13.0. The second-order valence-electron chi connectivity index (χ2n) is 7.29. The third-order valence-electron chi connectivity index (χ3n) is 4.97. The number of anilines is 1. The van der Waals surface area contributed by atoms with E-state index < -0.39 is 11.9 Å². The van der Waals surface area contributed by atoms with Crippen molar-refractivity contribution in [3.63, 3.8) is 0 Å². The van der Waals surface area contributed by atoms with E-state index in [0.29, 0.717) is 28.5 Å². The van der Waals surface area contributed by atoms with Gasteiger partial charge in [0.2, 0.25) is 0 Å². The van der Waals surface area contributed by atoms with Crippen LogP contribution in [0.15, 0.2) is 58.6 Å². The number of hydrogen-bond donors (Lipinski definition) is 1. The standard InChI is InChI=1S/C26H23BrN2O4S/c1-4-32-26(31)23-16(2)17(3)34-25(23)29-24(30)20(14-28)12-19-13-21(27)10-11-22(19)33-15-18-8-6-5-7-9-18/h5-13H,4,15H2,1-3H3,(H,29,30)/b20-12+. The third-order valence-corrected chi connectivity index (χ3v) is 6.58. The smallest absolute Gasteiger partial charge is 0.341 e. The van der Waals surface area contributed by atoms with Crippen LogP contribution < -0.4 is 10.1 Å². The largest absolute Gasteiger partial charge is 0.488 e. The van der Waals surface area contributed by atoms with E-state index in [1.807, 2.05) is 49.4 Å². The Balaban J connectivity index is 1.88. The highest BCUT2D eigenvalue weighted by Crippen LogP contribution is 2.34. The van der Waals surface area contributed by atoms with Crippen molar-refractivity contribution in [2.24, 2.45) is 0 Å². The van der Waals surface area contributed by atoms with Gasteiger partial charge in [-0.15, -0.1) is 11.3 Å². The van der Waals surface area contributed by atoms with Crippen molar-refractivity contribution in [2.45, 2.75) is 27.4 Å². The zero-order valence-electron chi connectivity index (χ0n) is 19.0. The zero-order valence-corrected chi connectivity index (χ0v) is 21.4. The summed E-state index contributed by atoms with van der Waals surface area (Å²) in [5.74, 6) is -0.600. The highest BCUT2D eigenvalue weighted by atomic mass is 79.9. The molecule has 0 atom stereocenters. The lowest BCUT2D eigenvalue weighted by Gasteiger charge is -2.11. The minimum atomic E-state index is -0.622. The number of benzene rings is 2. The van der Waals surface area contributed by atoms with Gasteiger partial charge in [-0.25, -0.2) is 4.79 Å². The van der Waals surface area contributed by atoms with Crippen LogP contribution in [0.5, 0.6) is 5.75 Å². The van der Waals surface area contributed by atoms with E-state index in [9.17, 15) is 14.9 Å². The van der Waals surface area contributed by atoms with Crippen molar-refractivity contribution in [1.29, 1.82) is 5.26 Å². The van der Waals surface area contributed by atoms with Crippen molar-refractivity contribution in [3.05, 3.63) is 85.7 Å². The van der Waals surface area contributed by atoms with Crippen LogP contribution in [0.4, 0.5) is 5.00 Å². The third kappa shape index (κ3) is 6.13. The first-order chi connectivity index (χ1) is 16.3. The maximum Gasteiger partial charge on any atom is 0.341 e. The van der Waals surface area contributed by atoms with Gasteiger partial charge in [0.1, 0.15) is 29.0 Å². The molecule has 0 saturated carbocycles. The molecular weight excluding hydrogens is 516 g/mol. The van der Waals surface area contributed by atoms with Crippen LogP contribution in [-0.2, 0) is 16.1 Å². The Bertz CT molecular complexity index is 1280. The summed E-state index contributed by atoms with van der Waals surface area (Å²) in [4.78, 5) is 26.3. The zero-order chi connectivity index (χ0) is 24.7. The molecule has 0 saturated heterocycles. The number of halogens is 1. The van der Waals surface area contributed by atoms with Gasteiger partial charge < -0.3 is 14.8 Å². The molecule has 34 heavy (non-hydrogen) atoms. The fourth-order valence-corrected chi connectivity index (χ4v) is 4.56. The van der Waals surface area contributed by atoms with Crippen LogP contribution in [0.1, 0.15) is 38.8 Å². The SMILES string of the molecule is CCOC(=O)c1c(NC(=O)/C(C#N)=C/c2cc(Br)ccc2OCc2ccccc2)sc(C)c1C. The van der Waals surface area contributed by atoms with Gasteiger partial charge in [-0.1, -0.05) is 46.3 Å². The molecule has 0 spiro atoms. The van der Waals surface area contributed by atoms with Gasteiger partial charge in [0.25, 0.3) is 5.91 Å². The molecule has 0 fully saturated rings. The Kier molecular flexibility index (Phi) is 8.63. The van der Waals surface area contributed by atoms with Crippen molar-refractivity contribution >= 4 is 50.2 Å². The Hall–Kier alpha value is -3.41. The average Bonchev–Trinajstić information content (AvgIpc) is 3.10. The van der Waals surface area contributed by atoms with E-state index in [1.165, 1.54) is 17.4 Å². The first kappa shape index (κ1) is 25.2. The summed E-state index contributed by atoms with van der Waals surface area (Å²) in [5.41, 5.74) is 2.49. The van der Waals surface area contributed by atoms with E-state index in [-0.39, 0.29) is 12.2 Å². The van der Waals surface area contributed by atoms with Gasteiger partial charge in [-0.2, -0.15) is 5.26 Å². The minimum absolute atomic E-state index is 0.124. The van der Waals surface area contributed by atoms with Crippen molar-refractivity contribution in [3.8, 4) is 11.8 Å². The fourth-order valence-electron chi connectivity index (χ4n) is 3.14. The number of rotatable bonds is 8. The Morgan fingerprint density at radius 2 is 1.91 bits per heavy atom. The summed E-state index contributed by atoms with van der Waals surface area (Å²) in [6.07, 6.45) is 1.47. The number of aryl methyl sites for hydroxylation is 1. The molecule has 1 heterocycles. The van der Waals surface area contributed by atoms with Crippen LogP contribution in [0.3, 0.4) is 0 Å². The fraction of sp³-hybridized carbons (Fsp3) is 0.192. The van der Waals surface area contributed by atoms with Crippen LogP contribution in [0.2, 0.25) is 0 Å². The van der Waals surface area contributed by atoms with Crippen molar-refractivity contribution in [1.82, 2.24) is 0 Å². The number of hydrogen-bond acceptors (Lipinski definition) is 6. The number of carbonyl (C=O) groups excluding carboxylic acids is 2. The summed E-state index contributed by atoms with van der Waals surface area (Å²) in [5, 5.41) is 12.8. The van der Waals surface area contributed by atoms with Crippen LogP contribution in [0, 0.1) is 25.2 Å². The van der Waals surface area contributed by atoms with E-state index in [2.05, 4.69) is 21.2 Å². The molecule has 0 aliphatic heterocycles. The maximum absolute atomic E-state index is 13.0. The number of thiophene rings is 1. The van der Waals surface area contributed by atoms with E-state index in [4.69, 9.17) is 9.47 Å². The molecule has 1 amide bonds. The molecule has 2 aromatic carbocycles. The molecule has 8 heteroatoms. The van der Waals surface area contributed by atoms with E-state index >= 15 is 0 Å². The summed E-state index contributed by atoms with van der Waals surface area (Å²) in [6.45, 7) is 5.94. The lowest BCUT2D eigenvalue weighted by molar-refractivity contribution is -0.112. The van der Waals surface area contributed by atoms with E-state index in [0.717, 1.165) is 20.5 Å². The lowest BCUT2D eigenvalue weighted by Crippen LogP contribution is -2.16. The predicted molar refractivity (Wildman–Crippen MR) is 137 cm³/mol. The Labute approximate surface area is 211 Å². The molecule has 1 aromatic heterocycles. The van der Waals surface area contributed by atoms with Crippen LogP contribution in [-0.4, -0.2) is 18.5 Å². The number of amides is 1. The van der Waals surface area contributed by atoms with Gasteiger partial charge in [0.15, 0.2) is 0 Å². The number of nitrogens with zero attached hydrogens (tertiary/aromatic N) is 1. The molecule has 174 valence electrons. The number of nitriles is 1. The summed E-state index contributed by atoms with van der Waals surface area (Å²) >= 11 is 4.70. The topological polar surface area (TPSA) is 88.4 Å². The first-order valence-corrected chi connectivity index (χ1v) is 12.1. The summed E-state index contributed by atoms with van der Waals surface area (Å²) < 4.78 is 11.9. The van der Waals surface area contributed by atoms with Crippen LogP contribution >= 0.6 is 27.3 Å². The Morgan fingerprint density at radius 3 is 2.59 bits per heavy atom. The lowest BCUT2D eigenvalue weighted by atomic mass is 10.1. The summed E-state index contributed by atoms with van der Waals surface area (Å²) in [7, 11) is 0. The molecule has 3 rings (SSSR count). The highest BCUT2D eigenvalue weighted by Gasteiger charge is 2.23. The van der Waals surface area contributed by atoms with Gasteiger partial charge >= 0.3 is 5.97 Å². The molecular formula is C26H23BrN2O4S. The normalized spacial score (nSPS) is 11.0. The number of ether oxygens (including phenoxy) is 2. The van der Waals surface area contributed by atoms with Gasteiger partial charge in [0.05, 0.1) is 12.2 Å². The number of esters is 1. The van der Waals surface area contributed by atoms with Gasteiger partial charge in [0, 0.05) is 14.9 Å². The number of nitrogens with one attached hydrogen (secondary N) is 1. The van der Waals surface area contributed by atoms with Gasteiger partial charge in [-0.05, 0) is 56.2 Å². The molecule has 0 aliphatic carbocycles. The molecule has 0 bridgehead atoms. The second-order valence-corrected chi connectivity index (χ2v) is 9.43. The molecule has 1 N–H and O–H groups in total. The van der Waals surface area contributed by atoms with Crippen LogP contribution in [0.25, 0.3) is 6.08 Å². The highest BCUT2D eigenvalue weighted by molar-refractivity contribution is 9.10. The second kappa shape index (κ2) is 11.6. The molecule has 0 aliphatic rings. The van der Waals surface area contributed by atoms with Gasteiger partial charge in [-0.3, -0.25) is 4.79 Å². The average molecular weight is 539 g/mol. The molecule has 6 nitrogen and oxygen atoms in total. The quantitative estimate of drug-likeness (QED) is 0.203. The van der Waals surface area contributed by atoms with Crippen molar-refractivity contribution in [2.75, 3.05) is 11.9 Å². The summed E-state index contributed by atoms with van der Waals surface area (Å²) in [6, 6.07) is 17.0. The Morgan fingerprint density at radius 1 is 1.18 bits per heavy atom. The first-order valence-electron chi connectivity index (χ1n) is 10.5. The van der Waals surface area contributed by atoms with E-state index in [1.54, 1.807) is 26.0 Å². The van der Waals surface area contributed by atoms with Crippen molar-refractivity contribution < 1.29 is 19.1 Å².